The third-order valence-electron chi connectivity index (χ3n) is 3.61. The summed E-state index contributed by atoms with van der Waals surface area (Å²) < 4.78 is 31.5. The number of rotatable bonds is 8. The van der Waals surface area contributed by atoms with Gasteiger partial charge in [-0.3, -0.25) is 14.9 Å². The second kappa shape index (κ2) is 10.2. The van der Waals surface area contributed by atoms with Gasteiger partial charge < -0.3 is 10.1 Å². The molecule has 0 aliphatic rings. The van der Waals surface area contributed by atoms with Crippen molar-refractivity contribution in [1.82, 2.24) is 15.4 Å². The Morgan fingerprint density at radius 2 is 1.68 bits per heavy atom. The summed E-state index contributed by atoms with van der Waals surface area (Å²) in [5.74, 6) is -1.55. The topological polar surface area (TPSA) is 131 Å². The van der Waals surface area contributed by atoms with Crippen LogP contribution in [0.1, 0.15) is 39.7 Å². The molecule has 0 unspecified atom stereocenters. The van der Waals surface area contributed by atoms with Gasteiger partial charge in [0.2, 0.25) is 10.0 Å². The van der Waals surface area contributed by atoms with Crippen LogP contribution in [0.15, 0.2) is 29.2 Å². The van der Waals surface area contributed by atoms with E-state index >= 15 is 0 Å². The van der Waals surface area contributed by atoms with Crippen molar-refractivity contribution in [2.45, 2.75) is 44.4 Å². The lowest BCUT2D eigenvalue weighted by Gasteiger charge is -2.19. The number of ether oxygens (including phenoxy) is 1. The van der Waals surface area contributed by atoms with Gasteiger partial charge in [-0.25, -0.2) is 17.9 Å². The maximum Gasteiger partial charge on any atom is 0.321 e. The van der Waals surface area contributed by atoms with E-state index in [0.29, 0.717) is 6.54 Å². The minimum Gasteiger partial charge on any atom is -0.456 e. The average Bonchev–Trinajstić information content (AvgIpc) is 2.59. The normalized spacial score (nSPS) is 11.6. The largest absolute Gasteiger partial charge is 0.456 e. The Kier molecular flexibility index (Phi) is 8.58. The molecule has 0 saturated heterocycles. The van der Waals surface area contributed by atoms with Crippen LogP contribution >= 0.6 is 0 Å². The van der Waals surface area contributed by atoms with Crippen LogP contribution < -0.4 is 15.4 Å². The Balaban J connectivity index is 2.44. The zero-order valence-electron chi connectivity index (χ0n) is 16.5. The van der Waals surface area contributed by atoms with Gasteiger partial charge in [0, 0.05) is 13.1 Å². The van der Waals surface area contributed by atoms with Gasteiger partial charge in [-0.15, -0.1) is 0 Å². The highest BCUT2D eigenvalue weighted by molar-refractivity contribution is 7.89. The Morgan fingerprint density at radius 3 is 2.21 bits per heavy atom. The molecule has 0 bridgehead atoms. The minimum atomic E-state index is -3.76. The fourth-order valence-electron chi connectivity index (χ4n) is 2.09. The highest BCUT2D eigenvalue weighted by Gasteiger charge is 2.18. The Bertz CT molecular complexity index is 798. The van der Waals surface area contributed by atoms with Crippen molar-refractivity contribution < 1.29 is 27.5 Å². The van der Waals surface area contributed by atoms with Crippen molar-refractivity contribution in [2.75, 3.05) is 19.7 Å². The SMILES string of the molecule is CCNC(=O)NC(=O)COC(=O)CCNS(=O)(=O)c1ccc(C(C)(C)C)cc1. The van der Waals surface area contributed by atoms with Gasteiger partial charge >= 0.3 is 12.0 Å². The molecule has 0 aliphatic carbocycles. The van der Waals surface area contributed by atoms with E-state index in [4.69, 9.17) is 4.74 Å². The zero-order chi connectivity index (χ0) is 21.4. The van der Waals surface area contributed by atoms with Crippen LogP contribution in [0, 0.1) is 0 Å². The number of amides is 3. The molecule has 1 rings (SSSR count). The molecule has 1 aromatic carbocycles. The monoisotopic (exact) mass is 413 g/mol. The summed E-state index contributed by atoms with van der Waals surface area (Å²) in [5, 5.41) is 4.33. The lowest BCUT2D eigenvalue weighted by molar-refractivity contribution is -0.148. The van der Waals surface area contributed by atoms with Crippen LogP contribution in [-0.4, -0.2) is 46.0 Å². The van der Waals surface area contributed by atoms with Gasteiger partial charge in [0.15, 0.2) is 6.61 Å². The molecule has 0 atom stereocenters. The molecule has 156 valence electrons. The number of sulfonamides is 1. The van der Waals surface area contributed by atoms with Crippen molar-refractivity contribution in [3.63, 3.8) is 0 Å². The molecule has 0 heterocycles. The van der Waals surface area contributed by atoms with Gasteiger partial charge in [0.05, 0.1) is 11.3 Å². The van der Waals surface area contributed by atoms with Crippen LogP contribution in [0.25, 0.3) is 0 Å². The van der Waals surface area contributed by atoms with Gasteiger partial charge in [0.25, 0.3) is 5.91 Å². The van der Waals surface area contributed by atoms with Gasteiger partial charge in [-0.1, -0.05) is 32.9 Å². The first-order valence-electron chi connectivity index (χ1n) is 8.79. The van der Waals surface area contributed by atoms with Crippen LogP contribution in [0.2, 0.25) is 0 Å². The van der Waals surface area contributed by atoms with Crippen molar-refractivity contribution in [2.24, 2.45) is 0 Å². The second-order valence-corrected chi connectivity index (χ2v) is 8.76. The van der Waals surface area contributed by atoms with E-state index in [9.17, 15) is 22.8 Å². The van der Waals surface area contributed by atoms with Gasteiger partial charge in [-0.2, -0.15) is 0 Å². The Morgan fingerprint density at radius 1 is 1.07 bits per heavy atom. The van der Waals surface area contributed by atoms with Gasteiger partial charge in [0.1, 0.15) is 0 Å². The maximum atomic E-state index is 12.3. The summed E-state index contributed by atoms with van der Waals surface area (Å²) in [7, 11) is -3.76. The number of carbonyl (C=O) groups is 3. The smallest absolute Gasteiger partial charge is 0.321 e. The van der Waals surface area contributed by atoms with Crippen LogP contribution in [0.3, 0.4) is 0 Å². The third kappa shape index (κ3) is 8.05. The summed E-state index contributed by atoms with van der Waals surface area (Å²) in [4.78, 5) is 34.2. The van der Waals surface area contributed by atoms with Crippen molar-refractivity contribution in [1.29, 1.82) is 0 Å². The number of esters is 1. The molecule has 0 aliphatic heterocycles. The molecular formula is C18H27N3O6S. The number of urea groups is 1. The molecule has 1 aromatic rings. The molecule has 0 radical (unpaired) electrons. The summed E-state index contributed by atoms with van der Waals surface area (Å²) in [6.45, 7) is 7.30. The number of hydrogen-bond donors (Lipinski definition) is 3. The maximum absolute atomic E-state index is 12.3. The first-order valence-corrected chi connectivity index (χ1v) is 10.3. The number of hydrogen-bond acceptors (Lipinski definition) is 6. The number of benzene rings is 1. The first kappa shape index (κ1) is 23.6. The molecule has 0 spiro atoms. The van der Waals surface area contributed by atoms with E-state index in [2.05, 4.69) is 10.0 Å². The third-order valence-corrected chi connectivity index (χ3v) is 5.08. The van der Waals surface area contributed by atoms with E-state index in [-0.39, 0.29) is 23.3 Å². The standard InChI is InChI=1S/C18H27N3O6S/c1-5-19-17(24)21-15(22)12-27-16(23)10-11-20-28(25,26)14-8-6-13(7-9-14)18(2,3)4/h6-9,20H,5,10-12H2,1-4H3,(H2,19,21,22,24). The van der Waals surface area contributed by atoms with Crippen molar-refractivity contribution >= 4 is 27.9 Å². The highest BCUT2D eigenvalue weighted by Crippen LogP contribution is 2.23. The van der Waals surface area contributed by atoms with Crippen LogP contribution in [-0.2, 0) is 29.8 Å². The molecule has 0 fully saturated rings. The molecular weight excluding hydrogens is 386 g/mol. The van der Waals surface area contributed by atoms with Crippen molar-refractivity contribution in [3.05, 3.63) is 29.8 Å². The summed E-state index contributed by atoms with van der Waals surface area (Å²) in [5.41, 5.74) is 0.907. The highest BCUT2D eigenvalue weighted by atomic mass is 32.2. The minimum absolute atomic E-state index is 0.0928. The fourth-order valence-corrected chi connectivity index (χ4v) is 3.12. The molecule has 9 nitrogen and oxygen atoms in total. The van der Waals surface area contributed by atoms with Crippen LogP contribution in [0.5, 0.6) is 0 Å². The molecule has 0 aromatic heterocycles. The molecule has 28 heavy (non-hydrogen) atoms. The number of imide groups is 1. The van der Waals surface area contributed by atoms with E-state index in [1.807, 2.05) is 26.1 Å². The van der Waals surface area contributed by atoms with E-state index in [1.54, 1.807) is 19.1 Å². The Labute approximate surface area is 165 Å². The lowest BCUT2D eigenvalue weighted by Crippen LogP contribution is -2.41. The number of carbonyl (C=O) groups excluding carboxylic acids is 3. The lowest BCUT2D eigenvalue weighted by atomic mass is 9.87. The molecule has 10 heteroatoms. The average molecular weight is 413 g/mol. The summed E-state index contributed by atoms with van der Waals surface area (Å²) >= 11 is 0. The second-order valence-electron chi connectivity index (χ2n) is 6.99. The van der Waals surface area contributed by atoms with Crippen LogP contribution in [0.4, 0.5) is 4.79 Å². The zero-order valence-corrected chi connectivity index (χ0v) is 17.3. The summed E-state index contributed by atoms with van der Waals surface area (Å²) in [6.07, 6.45) is -0.256. The van der Waals surface area contributed by atoms with E-state index in [1.165, 1.54) is 12.1 Å². The van der Waals surface area contributed by atoms with Gasteiger partial charge in [-0.05, 0) is 30.0 Å². The first-order chi connectivity index (χ1) is 13.0. The number of nitrogens with one attached hydrogen (secondary N) is 3. The molecule has 3 amide bonds. The molecule has 0 saturated carbocycles. The fraction of sp³-hybridized carbons (Fsp3) is 0.500. The predicted molar refractivity (Wildman–Crippen MR) is 103 cm³/mol. The van der Waals surface area contributed by atoms with E-state index < -0.39 is 34.5 Å². The van der Waals surface area contributed by atoms with Crippen molar-refractivity contribution in [3.8, 4) is 0 Å². The predicted octanol–water partition coefficient (Wildman–Crippen LogP) is 1.04. The van der Waals surface area contributed by atoms with E-state index in [0.717, 1.165) is 5.56 Å². The summed E-state index contributed by atoms with van der Waals surface area (Å²) in [6, 6.07) is 5.82. The quantitative estimate of drug-likeness (QED) is 0.546. The Hall–Kier alpha value is -2.46. The molecule has 3 N–H and O–H groups in total.